The summed E-state index contributed by atoms with van der Waals surface area (Å²) in [6, 6.07) is 0. The molecular weight excluding hydrogens is 386 g/mol. The lowest BCUT2D eigenvalue weighted by atomic mass is 9.58. The van der Waals surface area contributed by atoms with E-state index in [0.29, 0.717) is 6.42 Å². The van der Waals surface area contributed by atoms with Crippen LogP contribution in [0, 0.1) is 22.2 Å². The van der Waals surface area contributed by atoms with Gasteiger partial charge in [0.1, 0.15) is 25.1 Å². The van der Waals surface area contributed by atoms with Crippen LogP contribution >= 0.6 is 0 Å². The van der Waals surface area contributed by atoms with Crippen molar-refractivity contribution < 1.29 is 23.4 Å². The molecule has 178 valence electrons. The average Bonchev–Trinajstić information content (AvgIpc) is 2.73. The third kappa shape index (κ3) is 6.64. The highest BCUT2D eigenvalue weighted by atomic mass is 19.1. The summed E-state index contributed by atoms with van der Waals surface area (Å²) in [6.07, 6.45) is 6.45. The fraction of sp³-hybridized carbons (Fsp3) is 0.960. The van der Waals surface area contributed by atoms with Gasteiger partial charge >= 0.3 is 5.97 Å². The summed E-state index contributed by atoms with van der Waals surface area (Å²) in [7, 11) is 0. The van der Waals surface area contributed by atoms with E-state index in [4.69, 9.17) is 4.74 Å². The molecule has 5 heteroatoms. The Morgan fingerprint density at radius 2 is 1.53 bits per heavy atom. The number of hydrogen-bond acceptors (Lipinski definition) is 3. The van der Waals surface area contributed by atoms with Gasteiger partial charge in [-0.1, -0.05) is 67.2 Å². The highest BCUT2D eigenvalue weighted by molar-refractivity contribution is 5.77. The summed E-state index contributed by atoms with van der Waals surface area (Å²) in [5, 5.41) is 10.3. The molecule has 2 atom stereocenters. The number of rotatable bonds is 12. The molecule has 1 saturated carbocycles. The van der Waals surface area contributed by atoms with Crippen molar-refractivity contribution in [3.8, 4) is 0 Å². The molecule has 1 aliphatic carbocycles. The Morgan fingerprint density at radius 3 is 1.97 bits per heavy atom. The minimum absolute atomic E-state index is 0.0421. The minimum atomic E-state index is -2.08. The molecule has 1 rings (SSSR count). The van der Waals surface area contributed by atoms with E-state index in [9.17, 15) is 18.7 Å². The maximum atomic E-state index is 13.7. The first-order valence-corrected chi connectivity index (χ1v) is 11.8. The van der Waals surface area contributed by atoms with Crippen LogP contribution in [0.25, 0.3) is 0 Å². The van der Waals surface area contributed by atoms with Crippen molar-refractivity contribution in [2.45, 2.75) is 118 Å². The zero-order chi connectivity index (χ0) is 23.2. The molecule has 0 amide bonds. The Balaban J connectivity index is 3.23. The zero-order valence-corrected chi connectivity index (χ0v) is 20.5. The standard InChI is InChI=1S/C25H46F2O3/c1-8-22(3,4)16-24(7,23(5,6)9-2)21(28)30-20(15-25(29,17-26)18-27)19-13-11-10-12-14-19/h19-20,29H,8-18H2,1-7H3. The highest BCUT2D eigenvalue weighted by Crippen LogP contribution is 2.51. The van der Waals surface area contributed by atoms with Crippen molar-refractivity contribution in [2.75, 3.05) is 13.3 Å². The number of carbonyl (C=O) groups is 1. The van der Waals surface area contributed by atoms with Crippen molar-refractivity contribution >= 4 is 5.97 Å². The summed E-state index contributed by atoms with van der Waals surface area (Å²) < 4.78 is 32.9. The van der Waals surface area contributed by atoms with Gasteiger partial charge in [-0.3, -0.25) is 4.79 Å². The van der Waals surface area contributed by atoms with Crippen molar-refractivity contribution in [3.05, 3.63) is 0 Å². The Morgan fingerprint density at radius 1 is 1.00 bits per heavy atom. The second kappa shape index (κ2) is 10.7. The molecule has 1 aliphatic rings. The van der Waals surface area contributed by atoms with Gasteiger partial charge in [-0.15, -0.1) is 0 Å². The van der Waals surface area contributed by atoms with Crippen molar-refractivity contribution in [2.24, 2.45) is 22.2 Å². The molecule has 0 saturated heterocycles. The van der Waals surface area contributed by atoms with Gasteiger partial charge in [0.25, 0.3) is 0 Å². The minimum Gasteiger partial charge on any atom is -0.462 e. The van der Waals surface area contributed by atoms with E-state index in [1.807, 2.05) is 6.92 Å². The molecule has 1 N–H and O–H groups in total. The average molecular weight is 433 g/mol. The van der Waals surface area contributed by atoms with Crippen LogP contribution in [0.1, 0.15) is 106 Å². The zero-order valence-electron chi connectivity index (χ0n) is 20.5. The summed E-state index contributed by atoms with van der Waals surface area (Å²) in [5.41, 5.74) is -3.16. The second-order valence-corrected chi connectivity index (χ2v) is 11.3. The second-order valence-electron chi connectivity index (χ2n) is 11.3. The lowest BCUT2D eigenvalue weighted by Crippen LogP contribution is -2.49. The third-order valence-electron chi connectivity index (χ3n) is 8.13. The van der Waals surface area contributed by atoms with Gasteiger partial charge in [-0.05, 0) is 49.4 Å². The molecule has 30 heavy (non-hydrogen) atoms. The molecule has 0 heterocycles. The fourth-order valence-corrected chi connectivity index (χ4v) is 4.66. The van der Waals surface area contributed by atoms with E-state index in [1.54, 1.807) is 0 Å². The molecule has 1 fully saturated rings. The van der Waals surface area contributed by atoms with Gasteiger partial charge in [0.2, 0.25) is 0 Å². The predicted molar refractivity (Wildman–Crippen MR) is 119 cm³/mol. The lowest BCUT2D eigenvalue weighted by Gasteiger charge is -2.47. The molecule has 0 radical (unpaired) electrons. The number of esters is 1. The van der Waals surface area contributed by atoms with Gasteiger partial charge in [0.15, 0.2) is 0 Å². The molecule has 0 aliphatic heterocycles. The van der Waals surface area contributed by atoms with Crippen LogP contribution < -0.4 is 0 Å². The summed E-state index contributed by atoms with van der Waals surface area (Å²) in [5.74, 6) is -0.257. The van der Waals surface area contributed by atoms with E-state index < -0.39 is 30.5 Å². The molecule has 0 bridgehead atoms. The van der Waals surface area contributed by atoms with E-state index >= 15 is 0 Å². The molecule has 3 nitrogen and oxygen atoms in total. The molecule has 2 unspecified atom stereocenters. The molecular formula is C25H46F2O3. The van der Waals surface area contributed by atoms with Crippen LogP contribution in [-0.4, -0.2) is 36.1 Å². The number of ether oxygens (including phenoxy) is 1. The first-order chi connectivity index (χ1) is 13.8. The first kappa shape index (κ1) is 27.3. The third-order valence-corrected chi connectivity index (χ3v) is 8.13. The van der Waals surface area contributed by atoms with E-state index in [1.165, 1.54) is 0 Å². The normalized spacial score (nSPS) is 19.9. The Bertz CT molecular complexity index is 537. The van der Waals surface area contributed by atoms with E-state index in [2.05, 4.69) is 41.5 Å². The van der Waals surface area contributed by atoms with Gasteiger partial charge < -0.3 is 9.84 Å². The lowest BCUT2D eigenvalue weighted by molar-refractivity contribution is -0.180. The Hall–Kier alpha value is -0.710. The van der Waals surface area contributed by atoms with Crippen molar-refractivity contribution in [1.82, 2.24) is 0 Å². The van der Waals surface area contributed by atoms with Crippen LogP contribution in [0.5, 0.6) is 0 Å². The van der Waals surface area contributed by atoms with Crippen LogP contribution in [0.2, 0.25) is 0 Å². The molecule has 0 aromatic rings. The van der Waals surface area contributed by atoms with Crippen LogP contribution in [0.4, 0.5) is 8.78 Å². The Labute approximate surface area is 183 Å². The quantitative estimate of drug-likeness (QED) is 0.345. The van der Waals surface area contributed by atoms with E-state index in [0.717, 1.165) is 44.9 Å². The topological polar surface area (TPSA) is 46.5 Å². The molecule has 0 aromatic heterocycles. The summed E-state index contributed by atoms with van der Waals surface area (Å²) in [4.78, 5) is 13.7. The van der Waals surface area contributed by atoms with Gasteiger partial charge in [-0.25, -0.2) is 8.78 Å². The fourth-order valence-electron chi connectivity index (χ4n) is 4.66. The molecule has 0 aromatic carbocycles. The van der Waals surface area contributed by atoms with E-state index in [-0.39, 0.29) is 29.1 Å². The van der Waals surface area contributed by atoms with Gasteiger partial charge in [-0.2, -0.15) is 0 Å². The summed E-state index contributed by atoms with van der Waals surface area (Å²) in [6.45, 7) is 12.3. The van der Waals surface area contributed by atoms with Crippen molar-refractivity contribution in [3.63, 3.8) is 0 Å². The van der Waals surface area contributed by atoms with Crippen LogP contribution in [-0.2, 0) is 9.53 Å². The Kier molecular flexibility index (Phi) is 9.78. The van der Waals surface area contributed by atoms with Crippen LogP contribution in [0.15, 0.2) is 0 Å². The number of alkyl halides is 2. The van der Waals surface area contributed by atoms with Crippen LogP contribution in [0.3, 0.4) is 0 Å². The summed E-state index contributed by atoms with van der Waals surface area (Å²) >= 11 is 0. The first-order valence-electron chi connectivity index (χ1n) is 11.8. The van der Waals surface area contributed by atoms with Crippen molar-refractivity contribution in [1.29, 1.82) is 0 Å². The monoisotopic (exact) mass is 432 g/mol. The maximum Gasteiger partial charge on any atom is 0.312 e. The number of hydrogen-bond donors (Lipinski definition) is 1. The predicted octanol–water partition coefficient (Wildman–Crippen LogP) is 6.81. The number of halogens is 2. The van der Waals surface area contributed by atoms with Gasteiger partial charge in [0, 0.05) is 6.42 Å². The number of aliphatic hydroxyl groups is 1. The van der Waals surface area contributed by atoms with Gasteiger partial charge in [0.05, 0.1) is 5.41 Å². The highest BCUT2D eigenvalue weighted by Gasteiger charge is 2.51. The smallest absolute Gasteiger partial charge is 0.312 e. The largest absolute Gasteiger partial charge is 0.462 e. The number of carbonyl (C=O) groups excluding carboxylic acids is 1. The molecule has 0 spiro atoms. The maximum absolute atomic E-state index is 13.7. The SMILES string of the molecule is CCC(C)(C)CC(C)(C(=O)OC(CC(O)(CF)CF)C1CCCCC1)C(C)(C)CC.